The molecule has 0 N–H and O–H groups in total. The maximum absolute atomic E-state index is 12.7. The van der Waals surface area contributed by atoms with Crippen molar-refractivity contribution in [2.24, 2.45) is 0 Å². The zero-order valence-corrected chi connectivity index (χ0v) is 14.1. The molecule has 7 nitrogen and oxygen atoms in total. The Labute approximate surface area is 152 Å². The number of fused-ring (bicyclic) bond motifs is 1. The highest BCUT2D eigenvalue weighted by atomic mass is 35.5. The fourth-order valence-corrected chi connectivity index (χ4v) is 2.67. The Hall–Kier alpha value is -3.37. The van der Waals surface area contributed by atoms with Gasteiger partial charge in [0.2, 0.25) is 0 Å². The molecule has 3 rings (SSSR count). The molecule has 2 aromatic carbocycles. The van der Waals surface area contributed by atoms with Crippen LogP contribution in [0.1, 0.15) is 5.56 Å². The molecule has 0 aliphatic heterocycles. The summed E-state index contributed by atoms with van der Waals surface area (Å²) in [6.07, 6.45) is 0. The predicted molar refractivity (Wildman–Crippen MR) is 97.1 cm³/mol. The molecule has 0 aliphatic rings. The molecule has 0 saturated carbocycles. The summed E-state index contributed by atoms with van der Waals surface area (Å²) in [7, 11) is 0. The van der Waals surface area contributed by atoms with Crippen LogP contribution in [-0.4, -0.2) is 22.0 Å². The first kappa shape index (κ1) is 17.5. The molecule has 26 heavy (non-hydrogen) atoms. The second-order valence-electron chi connectivity index (χ2n) is 5.34. The summed E-state index contributed by atoms with van der Waals surface area (Å²) in [6, 6.07) is 14.1. The van der Waals surface area contributed by atoms with Crippen LogP contribution < -0.4 is 10.3 Å². The van der Waals surface area contributed by atoms with Crippen LogP contribution in [-0.2, 0) is 0 Å². The van der Waals surface area contributed by atoms with Gasteiger partial charge in [0, 0.05) is 29.3 Å². The number of nitro groups is 1. The van der Waals surface area contributed by atoms with Crippen molar-refractivity contribution >= 4 is 28.2 Å². The Morgan fingerprint density at radius 3 is 2.54 bits per heavy atom. The van der Waals surface area contributed by atoms with Crippen molar-refractivity contribution < 1.29 is 9.66 Å². The van der Waals surface area contributed by atoms with E-state index in [1.165, 1.54) is 34.9 Å². The van der Waals surface area contributed by atoms with Crippen LogP contribution in [0.3, 0.4) is 0 Å². The number of rotatable bonds is 5. The minimum Gasteiger partial charge on any atom is -0.492 e. The molecule has 0 saturated heterocycles. The molecule has 1 heterocycles. The average Bonchev–Trinajstić information content (AvgIpc) is 2.66. The Bertz CT molecular complexity index is 1080. The van der Waals surface area contributed by atoms with Gasteiger partial charge in [-0.3, -0.25) is 19.5 Å². The number of aromatic nitrogens is 1. The summed E-state index contributed by atoms with van der Waals surface area (Å²) in [4.78, 5) is 23.0. The fraction of sp³-hybridized carbons (Fsp3) is 0.111. The van der Waals surface area contributed by atoms with E-state index in [2.05, 4.69) is 0 Å². The maximum Gasteiger partial charge on any atom is 0.273 e. The molecule has 3 aromatic rings. The van der Waals surface area contributed by atoms with E-state index in [0.717, 1.165) is 0 Å². The van der Waals surface area contributed by atoms with Crippen LogP contribution in [0.15, 0.2) is 53.3 Å². The summed E-state index contributed by atoms with van der Waals surface area (Å²) in [5.74, 6) is 0.846. The van der Waals surface area contributed by atoms with Gasteiger partial charge in [0.25, 0.3) is 11.2 Å². The molecule has 0 unspecified atom stereocenters. The van der Waals surface area contributed by atoms with Gasteiger partial charge in [-0.15, -0.1) is 11.6 Å². The summed E-state index contributed by atoms with van der Waals surface area (Å²) in [5.41, 5.74) is 0.314. The number of nitro benzene ring substituents is 1. The van der Waals surface area contributed by atoms with Crippen molar-refractivity contribution in [2.75, 3.05) is 12.5 Å². The molecule has 0 bridgehead atoms. The number of pyridine rings is 1. The largest absolute Gasteiger partial charge is 0.492 e. The van der Waals surface area contributed by atoms with Crippen molar-refractivity contribution in [3.63, 3.8) is 0 Å². The van der Waals surface area contributed by atoms with Crippen LogP contribution >= 0.6 is 11.6 Å². The topological polar surface area (TPSA) is 98.2 Å². The summed E-state index contributed by atoms with van der Waals surface area (Å²) in [5, 5.41) is 20.7. The second kappa shape index (κ2) is 7.25. The Balaban J connectivity index is 2.26. The molecule has 1 aromatic heterocycles. The molecule has 0 atom stereocenters. The molecule has 0 amide bonds. The Morgan fingerprint density at radius 1 is 1.19 bits per heavy atom. The highest BCUT2D eigenvalue weighted by molar-refractivity contribution is 6.18. The molecule has 130 valence electrons. The van der Waals surface area contributed by atoms with Gasteiger partial charge in [-0.1, -0.05) is 0 Å². The van der Waals surface area contributed by atoms with Crippen molar-refractivity contribution in [2.45, 2.75) is 0 Å². The molecule has 0 fully saturated rings. The Morgan fingerprint density at radius 2 is 1.92 bits per heavy atom. The van der Waals surface area contributed by atoms with Crippen molar-refractivity contribution in [1.29, 1.82) is 5.26 Å². The lowest BCUT2D eigenvalue weighted by atomic mass is 10.1. The highest BCUT2D eigenvalue weighted by Crippen LogP contribution is 2.24. The van der Waals surface area contributed by atoms with Crippen molar-refractivity contribution in [1.82, 2.24) is 4.57 Å². The first-order valence-electron chi connectivity index (χ1n) is 7.58. The quantitative estimate of drug-likeness (QED) is 0.390. The van der Waals surface area contributed by atoms with E-state index >= 15 is 0 Å². The van der Waals surface area contributed by atoms with Crippen LogP contribution in [0.2, 0.25) is 0 Å². The van der Waals surface area contributed by atoms with E-state index in [-0.39, 0.29) is 11.3 Å². The first-order chi connectivity index (χ1) is 12.5. The first-order valence-corrected chi connectivity index (χ1v) is 8.12. The standard InChI is InChI=1S/C18H12ClN3O4/c19-7-8-26-16-6-1-12-9-13(11-20)18(23)21(17(12)10-16)14-2-4-15(5-3-14)22(24)25/h1-6,9-10H,7-8H2. The SMILES string of the molecule is N#Cc1cc2ccc(OCCCl)cc2n(-c2ccc([N+](=O)[O-])cc2)c1=O. The number of non-ortho nitro benzene ring substituents is 1. The third-order valence-electron chi connectivity index (χ3n) is 3.76. The average molecular weight is 370 g/mol. The molecule has 8 heteroatoms. The fourth-order valence-electron chi connectivity index (χ4n) is 2.59. The van der Waals surface area contributed by atoms with Gasteiger partial charge in [-0.25, -0.2) is 0 Å². The van der Waals surface area contributed by atoms with Crippen molar-refractivity contribution in [3.8, 4) is 17.5 Å². The maximum atomic E-state index is 12.7. The van der Waals surface area contributed by atoms with E-state index in [1.807, 2.05) is 6.07 Å². The van der Waals surface area contributed by atoms with Crippen LogP contribution in [0, 0.1) is 21.4 Å². The third kappa shape index (κ3) is 3.23. The van der Waals surface area contributed by atoms with Gasteiger partial charge < -0.3 is 4.74 Å². The number of nitriles is 1. The minimum atomic E-state index is -0.519. The number of nitrogens with zero attached hydrogens (tertiary/aromatic N) is 3. The van der Waals surface area contributed by atoms with Gasteiger partial charge in [-0.2, -0.15) is 5.26 Å². The zero-order valence-electron chi connectivity index (χ0n) is 13.4. The summed E-state index contributed by atoms with van der Waals surface area (Å²) in [6.45, 7) is 0.311. The monoisotopic (exact) mass is 369 g/mol. The number of hydrogen-bond donors (Lipinski definition) is 0. The molecule has 0 aliphatic carbocycles. The highest BCUT2D eigenvalue weighted by Gasteiger charge is 2.13. The van der Waals surface area contributed by atoms with E-state index in [1.54, 1.807) is 18.2 Å². The van der Waals surface area contributed by atoms with Gasteiger partial charge >= 0.3 is 0 Å². The number of halogens is 1. The van der Waals surface area contributed by atoms with Crippen molar-refractivity contribution in [3.05, 3.63) is 74.6 Å². The zero-order chi connectivity index (χ0) is 18.7. The van der Waals surface area contributed by atoms with Crippen LogP contribution in [0.5, 0.6) is 5.75 Å². The van der Waals surface area contributed by atoms with Crippen LogP contribution in [0.25, 0.3) is 16.6 Å². The molecular formula is C18H12ClN3O4. The molecular weight excluding hydrogens is 358 g/mol. The van der Waals surface area contributed by atoms with E-state index in [0.29, 0.717) is 34.8 Å². The summed E-state index contributed by atoms with van der Waals surface area (Å²) >= 11 is 5.63. The predicted octanol–water partition coefficient (Wildman–Crippen LogP) is 3.39. The lowest BCUT2D eigenvalue weighted by molar-refractivity contribution is -0.384. The number of ether oxygens (including phenoxy) is 1. The van der Waals surface area contributed by atoms with Gasteiger partial charge in [0.1, 0.15) is 24.0 Å². The van der Waals surface area contributed by atoms with E-state index in [4.69, 9.17) is 16.3 Å². The molecule has 0 radical (unpaired) electrons. The Kier molecular flexibility index (Phi) is 4.87. The lowest BCUT2D eigenvalue weighted by Crippen LogP contribution is -2.21. The number of benzene rings is 2. The van der Waals surface area contributed by atoms with Gasteiger partial charge in [0.05, 0.1) is 16.3 Å². The molecule has 0 spiro atoms. The summed E-state index contributed by atoms with van der Waals surface area (Å²) < 4.78 is 6.84. The second-order valence-corrected chi connectivity index (χ2v) is 5.72. The van der Waals surface area contributed by atoms with E-state index < -0.39 is 10.5 Å². The van der Waals surface area contributed by atoms with E-state index in [9.17, 15) is 20.2 Å². The number of alkyl halides is 1. The normalized spacial score (nSPS) is 10.5. The lowest BCUT2D eigenvalue weighted by Gasteiger charge is -2.13. The minimum absolute atomic E-state index is 0.0229. The third-order valence-corrected chi connectivity index (χ3v) is 3.92. The van der Waals surface area contributed by atoms with Crippen LogP contribution in [0.4, 0.5) is 5.69 Å². The smallest absolute Gasteiger partial charge is 0.273 e. The van der Waals surface area contributed by atoms with Gasteiger partial charge in [0.15, 0.2) is 0 Å². The van der Waals surface area contributed by atoms with Gasteiger partial charge in [-0.05, 0) is 30.3 Å². The number of hydrogen-bond acceptors (Lipinski definition) is 5.